The third-order valence-corrected chi connectivity index (χ3v) is 4.57. The molecule has 3 rings (SSSR count). The molecule has 0 bridgehead atoms. The van der Waals surface area contributed by atoms with E-state index in [9.17, 15) is 0 Å². The van der Waals surface area contributed by atoms with Gasteiger partial charge in [-0.25, -0.2) is 0 Å². The topological polar surface area (TPSA) is 46.3 Å². The van der Waals surface area contributed by atoms with Crippen LogP contribution in [-0.2, 0) is 0 Å². The largest absolute Gasteiger partial charge is 0.353 e. The molecule has 1 fully saturated rings. The van der Waals surface area contributed by atoms with Gasteiger partial charge in [0.15, 0.2) is 0 Å². The second-order valence-electron chi connectivity index (χ2n) is 5.40. The Bertz CT molecular complexity index is 603. The molecule has 0 N–H and O–H groups in total. The zero-order valence-corrected chi connectivity index (χ0v) is 12.8. The molecule has 108 valence electrons. The maximum atomic E-state index is 6.27. The summed E-state index contributed by atoms with van der Waals surface area (Å²) in [5, 5.41) is 4.85. The summed E-state index contributed by atoms with van der Waals surface area (Å²) in [5.74, 6) is 1.62. The molecule has 1 aliphatic carbocycles. The zero-order chi connectivity index (χ0) is 14.1. The maximum absolute atomic E-state index is 6.27. The molecule has 2 aromatic heterocycles. The number of aromatic nitrogens is 4. The van der Waals surface area contributed by atoms with Gasteiger partial charge in [0.1, 0.15) is 17.3 Å². The van der Waals surface area contributed by atoms with Crippen molar-refractivity contribution in [2.75, 3.05) is 11.4 Å². The van der Waals surface area contributed by atoms with Crippen molar-refractivity contribution in [3.8, 4) is 0 Å². The SMILES string of the molecule is CCN(c1c(C)c(Cl)nc2ncnn12)C1CCCCC1. The monoisotopic (exact) mass is 293 g/mol. The average Bonchev–Trinajstić information content (AvgIpc) is 2.92. The van der Waals surface area contributed by atoms with Crippen LogP contribution in [0.5, 0.6) is 0 Å². The molecule has 1 aliphatic rings. The fourth-order valence-electron chi connectivity index (χ4n) is 3.19. The summed E-state index contributed by atoms with van der Waals surface area (Å²) in [4.78, 5) is 10.9. The molecule has 6 heteroatoms. The molecule has 0 unspecified atom stereocenters. The fraction of sp³-hybridized carbons (Fsp3) is 0.643. The molecule has 20 heavy (non-hydrogen) atoms. The molecule has 0 aromatic carbocycles. The number of halogens is 1. The van der Waals surface area contributed by atoms with Gasteiger partial charge in [-0.1, -0.05) is 30.9 Å². The molecular formula is C14H20ClN5. The van der Waals surface area contributed by atoms with Crippen LogP contribution in [0, 0.1) is 6.92 Å². The summed E-state index contributed by atoms with van der Waals surface area (Å²) in [6, 6.07) is 0.568. The van der Waals surface area contributed by atoms with Crippen LogP contribution in [0.15, 0.2) is 6.33 Å². The van der Waals surface area contributed by atoms with Crippen molar-refractivity contribution in [2.45, 2.75) is 52.0 Å². The number of rotatable bonds is 3. The van der Waals surface area contributed by atoms with E-state index >= 15 is 0 Å². The van der Waals surface area contributed by atoms with Crippen molar-refractivity contribution >= 4 is 23.2 Å². The Hall–Kier alpha value is -1.36. The Morgan fingerprint density at radius 3 is 2.80 bits per heavy atom. The Morgan fingerprint density at radius 2 is 2.10 bits per heavy atom. The quantitative estimate of drug-likeness (QED) is 0.815. The molecule has 0 atom stereocenters. The van der Waals surface area contributed by atoms with E-state index in [2.05, 4.69) is 26.9 Å². The summed E-state index contributed by atoms with van der Waals surface area (Å²) in [6.45, 7) is 5.14. The maximum Gasteiger partial charge on any atom is 0.255 e. The number of hydrogen-bond acceptors (Lipinski definition) is 4. The minimum atomic E-state index is 0.523. The van der Waals surface area contributed by atoms with E-state index in [-0.39, 0.29) is 0 Å². The number of nitrogens with zero attached hydrogens (tertiary/aromatic N) is 5. The van der Waals surface area contributed by atoms with Crippen LogP contribution in [0.2, 0.25) is 5.15 Å². The molecule has 0 spiro atoms. The predicted molar refractivity (Wildman–Crippen MR) is 80.4 cm³/mol. The molecule has 1 saturated carbocycles. The van der Waals surface area contributed by atoms with Crippen molar-refractivity contribution in [3.05, 3.63) is 17.0 Å². The lowest BCUT2D eigenvalue weighted by Crippen LogP contribution is -2.38. The van der Waals surface area contributed by atoms with E-state index in [1.54, 1.807) is 0 Å². The molecule has 0 radical (unpaired) electrons. The summed E-state index contributed by atoms with van der Waals surface area (Å²) >= 11 is 6.27. The van der Waals surface area contributed by atoms with Crippen molar-refractivity contribution in [1.82, 2.24) is 19.6 Å². The third-order valence-electron chi connectivity index (χ3n) is 4.20. The van der Waals surface area contributed by atoms with Gasteiger partial charge >= 0.3 is 0 Å². The standard InChI is InChI=1S/C14H20ClN5/c1-3-19(11-7-5-4-6-8-11)13-10(2)12(15)18-14-16-9-17-20(13)14/h9,11H,3-8H2,1-2H3. The molecule has 0 aliphatic heterocycles. The van der Waals surface area contributed by atoms with Crippen LogP contribution in [0.25, 0.3) is 5.78 Å². The first-order valence-corrected chi connectivity index (χ1v) is 7.72. The highest BCUT2D eigenvalue weighted by atomic mass is 35.5. The van der Waals surface area contributed by atoms with Gasteiger partial charge < -0.3 is 4.90 Å². The van der Waals surface area contributed by atoms with Crippen molar-refractivity contribution in [3.63, 3.8) is 0 Å². The van der Waals surface area contributed by atoms with Gasteiger partial charge in [-0.15, -0.1) is 0 Å². The second-order valence-corrected chi connectivity index (χ2v) is 5.76. The van der Waals surface area contributed by atoms with E-state index in [1.165, 1.54) is 38.4 Å². The summed E-state index contributed by atoms with van der Waals surface area (Å²) in [6.07, 6.45) is 7.98. The second kappa shape index (κ2) is 5.56. The van der Waals surface area contributed by atoms with Crippen molar-refractivity contribution in [1.29, 1.82) is 0 Å². The van der Waals surface area contributed by atoms with Crippen LogP contribution in [0.1, 0.15) is 44.6 Å². The van der Waals surface area contributed by atoms with Crippen LogP contribution < -0.4 is 4.90 Å². The third kappa shape index (κ3) is 2.24. The molecule has 2 aromatic rings. The smallest absolute Gasteiger partial charge is 0.255 e. The van der Waals surface area contributed by atoms with Crippen molar-refractivity contribution in [2.24, 2.45) is 0 Å². The highest BCUT2D eigenvalue weighted by Gasteiger charge is 2.25. The van der Waals surface area contributed by atoms with Gasteiger partial charge in [0, 0.05) is 18.2 Å². The normalized spacial score (nSPS) is 16.8. The van der Waals surface area contributed by atoms with Crippen LogP contribution in [0.3, 0.4) is 0 Å². The minimum absolute atomic E-state index is 0.523. The average molecular weight is 294 g/mol. The lowest BCUT2D eigenvalue weighted by molar-refractivity contribution is 0.414. The van der Waals surface area contributed by atoms with Gasteiger partial charge in [0.05, 0.1) is 0 Å². The molecular weight excluding hydrogens is 274 g/mol. The number of hydrogen-bond donors (Lipinski definition) is 0. The van der Waals surface area contributed by atoms with E-state index in [0.29, 0.717) is 17.0 Å². The highest BCUT2D eigenvalue weighted by molar-refractivity contribution is 6.30. The summed E-state index contributed by atoms with van der Waals surface area (Å²) in [7, 11) is 0. The predicted octanol–water partition coefficient (Wildman–Crippen LogP) is 3.25. The van der Waals surface area contributed by atoms with E-state index in [4.69, 9.17) is 11.6 Å². The highest BCUT2D eigenvalue weighted by Crippen LogP contribution is 2.31. The van der Waals surface area contributed by atoms with Crippen LogP contribution in [-0.4, -0.2) is 32.2 Å². The lowest BCUT2D eigenvalue weighted by Gasteiger charge is -2.36. The Balaban J connectivity index is 2.10. The van der Waals surface area contributed by atoms with Gasteiger partial charge in [-0.05, 0) is 26.7 Å². The van der Waals surface area contributed by atoms with Crippen LogP contribution in [0.4, 0.5) is 5.82 Å². The molecule has 0 saturated heterocycles. The minimum Gasteiger partial charge on any atom is -0.353 e. The van der Waals surface area contributed by atoms with Crippen LogP contribution >= 0.6 is 11.6 Å². The van der Waals surface area contributed by atoms with Gasteiger partial charge in [-0.2, -0.15) is 19.6 Å². The number of anilines is 1. The lowest BCUT2D eigenvalue weighted by atomic mass is 9.94. The van der Waals surface area contributed by atoms with Crippen molar-refractivity contribution < 1.29 is 0 Å². The first-order chi connectivity index (χ1) is 9.72. The summed E-state index contributed by atoms with van der Waals surface area (Å²) in [5.41, 5.74) is 0.983. The van der Waals surface area contributed by atoms with E-state index in [1.807, 2.05) is 11.4 Å². The van der Waals surface area contributed by atoms with E-state index < -0.39 is 0 Å². The van der Waals surface area contributed by atoms with Gasteiger partial charge in [0.2, 0.25) is 0 Å². The van der Waals surface area contributed by atoms with E-state index in [0.717, 1.165) is 17.9 Å². The van der Waals surface area contributed by atoms with Gasteiger partial charge in [0.25, 0.3) is 5.78 Å². The molecule has 0 amide bonds. The summed E-state index contributed by atoms with van der Waals surface area (Å²) < 4.78 is 1.82. The molecule has 5 nitrogen and oxygen atoms in total. The Morgan fingerprint density at radius 1 is 1.35 bits per heavy atom. The fourth-order valence-corrected chi connectivity index (χ4v) is 3.35. The first-order valence-electron chi connectivity index (χ1n) is 7.35. The number of fused-ring (bicyclic) bond motifs is 1. The first kappa shape index (κ1) is 13.6. The Labute approximate surface area is 124 Å². The van der Waals surface area contributed by atoms with Gasteiger partial charge in [-0.3, -0.25) is 0 Å². The molecule has 2 heterocycles. The Kier molecular flexibility index (Phi) is 3.78. The zero-order valence-electron chi connectivity index (χ0n) is 12.0.